The molecule has 0 atom stereocenters. The van der Waals surface area contributed by atoms with Crippen molar-refractivity contribution in [1.29, 1.82) is 0 Å². The summed E-state index contributed by atoms with van der Waals surface area (Å²) in [7, 11) is 3.35. The van der Waals surface area contributed by atoms with Crippen LogP contribution in [0.3, 0.4) is 0 Å². The SMILES string of the molecule is CCCCCSc1ncc(-c2ccc(OC)cc2)c(-c2ccc(OC)cc2)n1. The topological polar surface area (TPSA) is 44.2 Å². The van der Waals surface area contributed by atoms with Crippen molar-refractivity contribution in [3.05, 3.63) is 54.7 Å². The lowest BCUT2D eigenvalue weighted by Gasteiger charge is -2.12. The summed E-state index contributed by atoms with van der Waals surface area (Å²) in [5.41, 5.74) is 4.05. The summed E-state index contributed by atoms with van der Waals surface area (Å²) in [4.78, 5) is 9.51. The highest BCUT2D eigenvalue weighted by Crippen LogP contribution is 2.33. The van der Waals surface area contributed by atoms with Gasteiger partial charge in [-0.15, -0.1) is 0 Å². The second-order valence-electron chi connectivity index (χ2n) is 6.43. The number of thioether (sulfide) groups is 1. The van der Waals surface area contributed by atoms with Gasteiger partial charge < -0.3 is 9.47 Å². The minimum Gasteiger partial charge on any atom is -0.497 e. The van der Waals surface area contributed by atoms with Crippen LogP contribution in [0.4, 0.5) is 0 Å². The van der Waals surface area contributed by atoms with Gasteiger partial charge in [0.1, 0.15) is 11.5 Å². The first kappa shape index (κ1) is 20.2. The Balaban J connectivity index is 1.96. The van der Waals surface area contributed by atoms with E-state index in [1.54, 1.807) is 26.0 Å². The van der Waals surface area contributed by atoms with Crippen LogP contribution in [0.5, 0.6) is 11.5 Å². The lowest BCUT2D eigenvalue weighted by molar-refractivity contribution is 0.414. The number of nitrogens with zero attached hydrogens (tertiary/aromatic N) is 2. The molecule has 2 aromatic carbocycles. The van der Waals surface area contributed by atoms with Crippen LogP contribution in [0.15, 0.2) is 59.9 Å². The van der Waals surface area contributed by atoms with E-state index in [1.807, 2.05) is 54.7 Å². The zero-order valence-electron chi connectivity index (χ0n) is 16.6. The Kier molecular flexibility index (Phi) is 7.31. The van der Waals surface area contributed by atoms with Crippen LogP contribution in [-0.4, -0.2) is 29.9 Å². The summed E-state index contributed by atoms with van der Waals surface area (Å²) >= 11 is 1.72. The first-order chi connectivity index (χ1) is 13.7. The fourth-order valence-electron chi connectivity index (χ4n) is 2.90. The minimum absolute atomic E-state index is 0.819. The number of rotatable bonds is 9. The third kappa shape index (κ3) is 5.04. The van der Waals surface area contributed by atoms with Gasteiger partial charge in [-0.05, 0) is 48.4 Å². The van der Waals surface area contributed by atoms with E-state index < -0.39 is 0 Å². The molecule has 0 amide bonds. The Hall–Kier alpha value is -2.53. The lowest BCUT2D eigenvalue weighted by Crippen LogP contribution is -1.96. The zero-order chi connectivity index (χ0) is 19.8. The van der Waals surface area contributed by atoms with E-state index in [4.69, 9.17) is 14.5 Å². The van der Waals surface area contributed by atoms with Gasteiger partial charge in [-0.3, -0.25) is 0 Å². The third-order valence-electron chi connectivity index (χ3n) is 4.51. The molecule has 1 aromatic heterocycles. The van der Waals surface area contributed by atoms with Gasteiger partial charge in [-0.25, -0.2) is 9.97 Å². The molecule has 0 fully saturated rings. The van der Waals surface area contributed by atoms with E-state index in [9.17, 15) is 0 Å². The molecule has 0 aliphatic rings. The highest BCUT2D eigenvalue weighted by Gasteiger charge is 2.12. The molecule has 1 heterocycles. The van der Waals surface area contributed by atoms with E-state index in [2.05, 4.69) is 11.9 Å². The van der Waals surface area contributed by atoms with Crippen molar-refractivity contribution < 1.29 is 9.47 Å². The van der Waals surface area contributed by atoms with Gasteiger partial charge in [-0.2, -0.15) is 0 Å². The van der Waals surface area contributed by atoms with Crippen molar-refractivity contribution in [2.75, 3.05) is 20.0 Å². The van der Waals surface area contributed by atoms with Crippen molar-refractivity contribution in [3.63, 3.8) is 0 Å². The average molecular weight is 395 g/mol. The van der Waals surface area contributed by atoms with E-state index in [-0.39, 0.29) is 0 Å². The van der Waals surface area contributed by atoms with Gasteiger partial charge in [0.25, 0.3) is 0 Å². The average Bonchev–Trinajstić information content (AvgIpc) is 2.77. The summed E-state index contributed by atoms with van der Waals surface area (Å²) in [6.07, 6.45) is 5.57. The molecular weight excluding hydrogens is 368 g/mol. The molecule has 0 aliphatic heterocycles. The van der Waals surface area contributed by atoms with Crippen LogP contribution in [0.25, 0.3) is 22.4 Å². The molecule has 4 nitrogen and oxygen atoms in total. The van der Waals surface area contributed by atoms with Gasteiger partial charge in [0.2, 0.25) is 0 Å². The molecule has 0 spiro atoms. The maximum absolute atomic E-state index is 5.29. The molecule has 5 heteroatoms. The van der Waals surface area contributed by atoms with Gasteiger partial charge in [-0.1, -0.05) is 43.7 Å². The molecule has 0 saturated heterocycles. The highest BCUT2D eigenvalue weighted by atomic mass is 32.2. The number of benzene rings is 2. The van der Waals surface area contributed by atoms with Gasteiger partial charge in [0, 0.05) is 23.1 Å². The molecule has 0 saturated carbocycles. The maximum Gasteiger partial charge on any atom is 0.188 e. The second kappa shape index (κ2) is 10.1. The summed E-state index contributed by atoms with van der Waals surface area (Å²) in [5.74, 6) is 2.70. The third-order valence-corrected chi connectivity index (χ3v) is 5.46. The summed E-state index contributed by atoms with van der Waals surface area (Å²) in [6.45, 7) is 2.21. The molecular formula is C23H26N2O2S. The Morgan fingerprint density at radius 3 is 2.00 bits per heavy atom. The van der Waals surface area contributed by atoms with Crippen LogP contribution in [0, 0.1) is 0 Å². The molecule has 0 radical (unpaired) electrons. The predicted octanol–water partition coefficient (Wildman–Crippen LogP) is 6.11. The fourth-order valence-corrected chi connectivity index (χ4v) is 3.72. The molecule has 0 unspecified atom stereocenters. The van der Waals surface area contributed by atoms with Crippen molar-refractivity contribution in [1.82, 2.24) is 9.97 Å². The standard InChI is InChI=1S/C23H26N2O2S/c1-4-5-6-15-28-23-24-16-21(17-7-11-19(26-2)12-8-17)22(25-23)18-9-13-20(27-3)14-10-18/h7-14,16H,4-6,15H2,1-3H3. The molecule has 0 aliphatic carbocycles. The van der Waals surface area contributed by atoms with Crippen LogP contribution in [-0.2, 0) is 0 Å². The predicted molar refractivity (Wildman–Crippen MR) is 116 cm³/mol. The Morgan fingerprint density at radius 2 is 1.43 bits per heavy atom. The summed E-state index contributed by atoms with van der Waals surface area (Å²) < 4.78 is 10.6. The monoisotopic (exact) mass is 394 g/mol. The molecule has 3 aromatic rings. The quantitative estimate of drug-likeness (QED) is 0.249. The van der Waals surface area contributed by atoms with Crippen molar-refractivity contribution in [3.8, 4) is 33.9 Å². The van der Waals surface area contributed by atoms with Crippen molar-refractivity contribution >= 4 is 11.8 Å². The Labute approximate surface area is 171 Å². The summed E-state index contributed by atoms with van der Waals surface area (Å²) in [5, 5.41) is 0.819. The second-order valence-corrected chi connectivity index (χ2v) is 7.49. The van der Waals surface area contributed by atoms with Crippen LogP contribution in [0.1, 0.15) is 26.2 Å². The molecule has 146 valence electrons. The van der Waals surface area contributed by atoms with E-state index >= 15 is 0 Å². The van der Waals surface area contributed by atoms with E-state index in [1.165, 1.54) is 19.3 Å². The normalized spacial score (nSPS) is 10.7. The molecule has 0 N–H and O–H groups in total. The number of unbranched alkanes of at least 4 members (excludes halogenated alkanes) is 2. The molecule has 3 rings (SSSR count). The number of aromatic nitrogens is 2. The van der Waals surface area contributed by atoms with Crippen molar-refractivity contribution in [2.45, 2.75) is 31.3 Å². The largest absolute Gasteiger partial charge is 0.497 e. The first-order valence-electron chi connectivity index (χ1n) is 9.54. The van der Waals surface area contributed by atoms with Gasteiger partial charge in [0.05, 0.1) is 19.9 Å². The zero-order valence-corrected chi connectivity index (χ0v) is 17.5. The van der Waals surface area contributed by atoms with Crippen LogP contribution in [0.2, 0.25) is 0 Å². The van der Waals surface area contributed by atoms with Crippen LogP contribution < -0.4 is 9.47 Å². The Bertz CT molecular complexity index is 880. The van der Waals surface area contributed by atoms with Gasteiger partial charge >= 0.3 is 0 Å². The van der Waals surface area contributed by atoms with Gasteiger partial charge in [0.15, 0.2) is 5.16 Å². The van der Waals surface area contributed by atoms with Crippen molar-refractivity contribution in [2.24, 2.45) is 0 Å². The van der Waals surface area contributed by atoms with E-state index in [0.717, 1.165) is 44.8 Å². The fraction of sp³-hybridized carbons (Fsp3) is 0.304. The minimum atomic E-state index is 0.819. The van der Waals surface area contributed by atoms with Crippen LogP contribution >= 0.6 is 11.8 Å². The molecule has 28 heavy (non-hydrogen) atoms. The first-order valence-corrected chi connectivity index (χ1v) is 10.5. The lowest BCUT2D eigenvalue weighted by atomic mass is 10.0. The number of hydrogen-bond donors (Lipinski definition) is 0. The molecule has 0 bridgehead atoms. The Morgan fingerprint density at radius 1 is 0.821 bits per heavy atom. The van der Waals surface area contributed by atoms with E-state index in [0.29, 0.717) is 0 Å². The number of ether oxygens (including phenoxy) is 2. The summed E-state index contributed by atoms with van der Waals surface area (Å²) in [6, 6.07) is 16.0. The highest BCUT2D eigenvalue weighted by molar-refractivity contribution is 7.99. The smallest absolute Gasteiger partial charge is 0.188 e. The maximum atomic E-state index is 5.29. The number of hydrogen-bond acceptors (Lipinski definition) is 5. The number of methoxy groups -OCH3 is 2.